The van der Waals surface area contributed by atoms with Gasteiger partial charge in [-0.15, -0.1) is 0 Å². The summed E-state index contributed by atoms with van der Waals surface area (Å²) in [5, 5.41) is 0. The maximum Gasteiger partial charge on any atom is 0.136 e. The van der Waals surface area contributed by atoms with Crippen molar-refractivity contribution in [3.8, 4) is 5.75 Å². The van der Waals surface area contributed by atoms with Crippen LogP contribution in [0.5, 0.6) is 5.75 Å². The number of halogens is 1. The predicted molar refractivity (Wildman–Crippen MR) is 82.5 cm³/mol. The third kappa shape index (κ3) is 3.37. The van der Waals surface area contributed by atoms with Crippen molar-refractivity contribution in [2.24, 2.45) is 5.73 Å². The number of benzene rings is 2. The minimum atomic E-state index is -0.116. The fourth-order valence-electron chi connectivity index (χ4n) is 2.04. The van der Waals surface area contributed by atoms with Crippen molar-refractivity contribution in [2.45, 2.75) is 20.0 Å². The molecule has 0 aliphatic carbocycles. The van der Waals surface area contributed by atoms with Crippen LogP contribution < -0.4 is 10.5 Å². The maximum absolute atomic E-state index is 6.09. The standard InChI is InChI=1S/C16H18BrNO/c1-11-5-3-4-6-14(11)16(10-18)19-15-9-13(17)8-7-12(15)2/h3-9,16H,10,18H2,1-2H3. The van der Waals surface area contributed by atoms with Gasteiger partial charge in [0, 0.05) is 11.0 Å². The van der Waals surface area contributed by atoms with Crippen LogP contribution in [0.4, 0.5) is 0 Å². The molecule has 2 aromatic rings. The number of nitrogens with two attached hydrogens (primary N) is 1. The van der Waals surface area contributed by atoms with Gasteiger partial charge in [0.1, 0.15) is 11.9 Å². The van der Waals surface area contributed by atoms with Gasteiger partial charge in [0.15, 0.2) is 0 Å². The first-order chi connectivity index (χ1) is 9.11. The highest BCUT2D eigenvalue weighted by Gasteiger charge is 2.14. The summed E-state index contributed by atoms with van der Waals surface area (Å²) in [5.41, 5.74) is 9.32. The Morgan fingerprint density at radius 1 is 1.11 bits per heavy atom. The lowest BCUT2D eigenvalue weighted by molar-refractivity contribution is 0.212. The monoisotopic (exact) mass is 319 g/mol. The summed E-state index contributed by atoms with van der Waals surface area (Å²) in [6, 6.07) is 14.2. The second-order valence-electron chi connectivity index (χ2n) is 4.61. The first kappa shape index (κ1) is 14.1. The van der Waals surface area contributed by atoms with E-state index < -0.39 is 0 Å². The molecule has 2 N–H and O–H groups in total. The van der Waals surface area contributed by atoms with Crippen LogP contribution in [-0.4, -0.2) is 6.54 Å². The molecule has 1 unspecified atom stereocenters. The van der Waals surface area contributed by atoms with Gasteiger partial charge in [0.05, 0.1) is 0 Å². The smallest absolute Gasteiger partial charge is 0.136 e. The Morgan fingerprint density at radius 3 is 2.53 bits per heavy atom. The van der Waals surface area contributed by atoms with E-state index in [0.29, 0.717) is 6.54 Å². The van der Waals surface area contributed by atoms with E-state index in [2.05, 4.69) is 35.0 Å². The van der Waals surface area contributed by atoms with Crippen LogP contribution in [0.3, 0.4) is 0 Å². The molecule has 0 amide bonds. The fraction of sp³-hybridized carbons (Fsp3) is 0.250. The van der Waals surface area contributed by atoms with E-state index in [4.69, 9.17) is 10.5 Å². The summed E-state index contributed by atoms with van der Waals surface area (Å²) in [5.74, 6) is 0.869. The molecule has 0 fully saturated rings. The molecule has 0 radical (unpaired) electrons. The quantitative estimate of drug-likeness (QED) is 0.919. The van der Waals surface area contributed by atoms with Crippen LogP contribution in [-0.2, 0) is 0 Å². The van der Waals surface area contributed by atoms with Crippen LogP contribution in [0.25, 0.3) is 0 Å². The van der Waals surface area contributed by atoms with Gasteiger partial charge >= 0.3 is 0 Å². The third-order valence-electron chi connectivity index (χ3n) is 3.17. The van der Waals surface area contributed by atoms with Gasteiger partial charge < -0.3 is 10.5 Å². The number of hydrogen-bond donors (Lipinski definition) is 1. The van der Waals surface area contributed by atoms with E-state index in [9.17, 15) is 0 Å². The van der Waals surface area contributed by atoms with E-state index in [1.54, 1.807) is 0 Å². The van der Waals surface area contributed by atoms with Crippen molar-refractivity contribution in [1.29, 1.82) is 0 Å². The second-order valence-corrected chi connectivity index (χ2v) is 5.52. The van der Waals surface area contributed by atoms with Crippen molar-refractivity contribution in [3.63, 3.8) is 0 Å². The first-order valence-corrected chi connectivity index (χ1v) is 7.09. The largest absolute Gasteiger partial charge is 0.484 e. The normalized spacial score (nSPS) is 12.2. The number of hydrogen-bond acceptors (Lipinski definition) is 2. The summed E-state index contributed by atoms with van der Waals surface area (Å²) in [7, 11) is 0. The van der Waals surface area contributed by atoms with Crippen LogP contribution in [0.1, 0.15) is 22.8 Å². The van der Waals surface area contributed by atoms with Gasteiger partial charge in [-0.1, -0.05) is 46.3 Å². The van der Waals surface area contributed by atoms with E-state index >= 15 is 0 Å². The van der Waals surface area contributed by atoms with Crippen LogP contribution in [0, 0.1) is 13.8 Å². The molecule has 0 saturated carbocycles. The average Bonchev–Trinajstić information content (AvgIpc) is 2.41. The summed E-state index contributed by atoms with van der Waals surface area (Å²) >= 11 is 3.47. The van der Waals surface area contributed by atoms with Gasteiger partial charge in [-0.3, -0.25) is 0 Å². The molecule has 2 rings (SSSR count). The Labute approximate surface area is 122 Å². The molecular formula is C16H18BrNO. The first-order valence-electron chi connectivity index (χ1n) is 6.30. The SMILES string of the molecule is Cc1ccc(Br)cc1OC(CN)c1ccccc1C. The number of rotatable bonds is 4. The molecule has 2 aromatic carbocycles. The molecule has 2 nitrogen and oxygen atoms in total. The van der Waals surface area contributed by atoms with Crippen LogP contribution in [0.2, 0.25) is 0 Å². The Hall–Kier alpha value is -1.32. The molecule has 19 heavy (non-hydrogen) atoms. The average molecular weight is 320 g/mol. The molecule has 0 bridgehead atoms. The van der Waals surface area contributed by atoms with Gasteiger partial charge in [-0.05, 0) is 42.7 Å². The van der Waals surface area contributed by atoms with Crippen molar-refractivity contribution in [2.75, 3.05) is 6.54 Å². The van der Waals surface area contributed by atoms with Crippen LogP contribution >= 0.6 is 15.9 Å². The lowest BCUT2D eigenvalue weighted by Gasteiger charge is -2.21. The van der Waals surface area contributed by atoms with E-state index in [1.807, 2.05) is 37.3 Å². The van der Waals surface area contributed by atoms with Crippen molar-refractivity contribution < 1.29 is 4.74 Å². The minimum Gasteiger partial charge on any atom is -0.484 e. The Bertz CT molecular complexity index is 568. The summed E-state index contributed by atoms with van der Waals surface area (Å²) in [4.78, 5) is 0. The Morgan fingerprint density at radius 2 is 1.84 bits per heavy atom. The maximum atomic E-state index is 6.09. The fourth-order valence-corrected chi connectivity index (χ4v) is 2.38. The molecule has 0 saturated heterocycles. The van der Waals surface area contributed by atoms with Crippen LogP contribution in [0.15, 0.2) is 46.9 Å². The topological polar surface area (TPSA) is 35.2 Å². The molecule has 0 spiro atoms. The van der Waals surface area contributed by atoms with Gasteiger partial charge in [0.25, 0.3) is 0 Å². The summed E-state index contributed by atoms with van der Waals surface area (Å²) in [6.45, 7) is 4.57. The zero-order chi connectivity index (χ0) is 13.8. The lowest BCUT2D eigenvalue weighted by Crippen LogP contribution is -2.19. The number of aryl methyl sites for hydroxylation is 2. The molecule has 0 aliphatic rings. The molecule has 100 valence electrons. The summed E-state index contributed by atoms with van der Waals surface area (Å²) in [6.07, 6.45) is -0.116. The highest BCUT2D eigenvalue weighted by molar-refractivity contribution is 9.10. The zero-order valence-corrected chi connectivity index (χ0v) is 12.8. The highest BCUT2D eigenvalue weighted by Crippen LogP contribution is 2.28. The Balaban J connectivity index is 2.29. The van der Waals surface area contributed by atoms with Crippen molar-refractivity contribution >= 4 is 15.9 Å². The van der Waals surface area contributed by atoms with Gasteiger partial charge in [-0.2, -0.15) is 0 Å². The van der Waals surface area contributed by atoms with E-state index in [-0.39, 0.29) is 6.10 Å². The minimum absolute atomic E-state index is 0.116. The second kappa shape index (κ2) is 6.22. The molecule has 0 aliphatic heterocycles. The van der Waals surface area contributed by atoms with Gasteiger partial charge in [0.2, 0.25) is 0 Å². The molecule has 1 atom stereocenters. The molecule has 3 heteroatoms. The van der Waals surface area contributed by atoms with E-state index in [1.165, 1.54) is 5.56 Å². The Kier molecular flexibility index (Phi) is 4.61. The number of ether oxygens (including phenoxy) is 1. The lowest BCUT2D eigenvalue weighted by atomic mass is 10.0. The van der Waals surface area contributed by atoms with E-state index in [0.717, 1.165) is 21.3 Å². The molecular weight excluding hydrogens is 302 g/mol. The summed E-state index contributed by atoms with van der Waals surface area (Å²) < 4.78 is 7.10. The van der Waals surface area contributed by atoms with Gasteiger partial charge in [-0.25, -0.2) is 0 Å². The third-order valence-corrected chi connectivity index (χ3v) is 3.66. The highest BCUT2D eigenvalue weighted by atomic mass is 79.9. The molecule has 0 heterocycles. The van der Waals surface area contributed by atoms with Crippen molar-refractivity contribution in [1.82, 2.24) is 0 Å². The molecule has 0 aromatic heterocycles. The predicted octanol–water partition coefficient (Wildman–Crippen LogP) is 4.14. The van der Waals surface area contributed by atoms with Crippen molar-refractivity contribution in [3.05, 3.63) is 63.6 Å². The zero-order valence-electron chi connectivity index (χ0n) is 11.2.